The molecule has 0 saturated carbocycles. The van der Waals surface area contributed by atoms with Crippen LogP contribution in [0.15, 0.2) is 36.4 Å². The van der Waals surface area contributed by atoms with Crippen molar-refractivity contribution >= 4 is 34.4 Å². The second kappa shape index (κ2) is 12.1. The number of carbonyl (C=O) groups is 2. The first-order valence-electron chi connectivity index (χ1n) is 15.4. The van der Waals surface area contributed by atoms with E-state index in [4.69, 9.17) is 0 Å². The summed E-state index contributed by atoms with van der Waals surface area (Å²) in [4.78, 5) is 33.7. The van der Waals surface area contributed by atoms with E-state index in [1.165, 1.54) is 17.7 Å². The molecule has 42 heavy (non-hydrogen) atoms. The third kappa shape index (κ3) is 5.99. The summed E-state index contributed by atoms with van der Waals surface area (Å²) >= 11 is 2.32. The molecule has 228 valence electrons. The summed E-state index contributed by atoms with van der Waals surface area (Å²) in [7, 11) is 0. The van der Waals surface area contributed by atoms with Gasteiger partial charge in [-0.2, -0.15) is 0 Å². The highest BCUT2D eigenvalue weighted by Gasteiger charge is 2.46. The highest BCUT2D eigenvalue weighted by atomic mass is 127. The van der Waals surface area contributed by atoms with Gasteiger partial charge in [-0.15, -0.1) is 0 Å². The number of piperidine rings is 1. The SMILES string of the molecule is CCC(C)(C)N1CC(C(=O)N2CCC(c3ccc(I)cc3C(C)(C)C(=O)N3CCC3)CC2)C(c2ccc(F)cc2F)C1. The Kier molecular flexibility index (Phi) is 9.06. The van der Waals surface area contributed by atoms with Crippen LogP contribution in [0.25, 0.3) is 0 Å². The molecule has 3 aliphatic heterocycles. The molecule has 0 radical (unpaired) electrons. The van der Waals surface area contributed by atoms with Gasteiger partial charge in [-0.1, -0.05) is 19.1 Å². The molecular weight excluding hydrogens is 647 g/mol. The fourth-order valence-electron chi connectivity index (χ4n) is 6.99. The van der Waals surface area contributed by atoms with Crippen molar-refractivity contribution in [2.24, 2.45) is 5.92 Å². The number of hydrogen-bond acceptors (Lipinski definition) is 3. The molecule has 2 aromatic carbocycles. The van der Waals surface area contributed by atoms with Gasteiger partial charge in [0, 0.05) is 60.4 Å². The van der Waals surface area contributed by atoms with Crippen LogP contribution in [0.1, 0.15) is 88.8 Å². The van der Waals surface area contributed by atoms with Crippen LogP contribution in [0.3, 0.4) is 0 Å². The summed E-state index contributed by atoms with van der Waals surface area (Å²) in [5.41, 5.74) is 1.99. The summed E-state index contributed by atoms with van der Waals surface area (Å²) in [6.07, 6.45) is 3.61. The van der Waals surface area contributed by atoms with E-state index in [9.17, 15) is 14.0 Å². The Labute approximate surface area is 263 Å². The maximum atomic E-state index is 15.0. The monoisotopic (exact) mass is 691 g/mol. The average molecular weight is 692 g/mol. The van der Waals surface area contributed by atoms with E-state index in [0.29, 0.717) is 31.7 Å². The topological polar surface area (TPSA) is 43.9 Å². The number of amides is 2. The molecule has 3 fully saturated rings. The standard InChI is InChI=1S/C34H44F2IN3O2/c1-6-33(2,3)40-20-27(26-10-8-23(35)18-30(26)36)28(21-40)31(41)38-16-12-22(13-17-38)25-11-9-24(37)19-29(25)34(4,5)32(42)39-14-7-15-39/h8-11,18-19,22,27-28H,6-7,12-17,20-21H2,1-5H3. The molecule has 2 unspecified atom stereocenters. The molecule has 8 heteroatoms. The van der Waals surface area contributed by atoms with Crippen molar-refractivity contribution in [3.63, 3.8) is 0 Å². The van der Waals surface area contributed by atoms with Crippen LogP contribution in [0.4, 0.5) is 8.78 Å². The highest BCUT2D eigenvalue weighted by Crippen LogP contribution is 2.42. The fourth-order valence-corrected chi connectivity index (χ4v) is 7.48. The fraction of sp³-hybridized carbons (Fsp3) is 0.588. The minimum atomic E-state index is -0.615. The molecule has 2 aromatic rings. The van der Waals surface area contributed by atoms with E-state index < -0.39 is 17.0 Å². The molecule has 0 aromatic heterocycles. The number of rotatable bonds is 7. The first kappa shape index (κ1) is 31.4. The van der Waals surface area contributed by atoms with E-state index in [1.807, 2.05) is 23.6 Å². The molecule has 3 saturated heterocycles. The van der Waals surface area contributed by atoms with Crippen molar-refractivity contribution in [3.05, 3.63) is 68.3 Å². The smallest absolute Gasteiger partial charge is 0.232 e. The lowest BCUT2D eigenvalue weighted by molar-refractivity contribution is -0.139. The normalized spacial score (nSPS) is 22.4. The zero-order valence-electron chi connectivity index (χ0n) is 25.6. The average Bonchev–Trinajstić information content (AvgIpc) is 3.38. The van der Waals surface area contributed by atoms with Gasteiger partial charge < -0.3 is 9.80 Å². The molecule has 0 N–H and O–H groups in total. The van der Waals surface area contributed by atoms with Gasteiger partial charge >= 0.3 is 0 Å². The van der Waals surface area contributed by atoms with Crippen molar-refractivity contribution in [1.82, 2.24) is 14.7 Å². The van der Waals surface area contributed by atoms with Gasteiger partial charge in [0.1, 0.15) is 11.6 Å². The van der Waals surface area contributed by atoms with Gasteiger partial charge in [0.2, 0.25) is 11.8 Å². The number of carbonyl (C=O) groups excluding carboxylic acids is 2. The Bertz CT molecular complexity index is 1330. The molecule has 5 nitrogen and oxygen atoms in total. The summed E-state index contributed by atoms with van der Waals surface area (Å²) in [6, 6.07) is 10.2. The van der Waals surface area contributed by atoms with Crippen LogP contribution in [-0.4, -0.2) is 71.3 Å². The second-order valence-electron chi connectivity index (χ2n) is 13.6. The Morgan fingerprint density at radius 2 is 1.57 bits per heavy atom. The van der Waals surface area contributed by atoms with Crippen LogP contribution in [0.2, 0.25) is 0 Å². The quantitative estimate of drug-likeness (QED) is 0.304. The Balaban J connectivity index is 1.34. The second-order valence-corrected chi connectivity index (χ2v) is 14.8. The van der Waals surface area contributed by atoms with Crippen molar-refractivity contribution in [3.8, 4) is 0 Å². The van der Waals surface area contributed by atoms with Gasteiger partial charge in [0.05, 0.1) is 11.3 Å². The van der Waals surface area contributed by atoms with Crippen molar-refractivity contribution < 1.29 is 18.4 Å². The van der Waals surface area contributed by atoms with Crippen molar-refractivity contribution in [1.29, 1.82) is 0 Å². The van der Waals surface area contributed by atoms with E-state index in [1.54, 1.807) is 0 Å². The van der Waals surface area contributed by atoms with Crippen molar-refractivity contribution in [2.75, 3.05) is 39.3 Å². The minimum absolute atomic E-state index is 0.0627. The third-order valence-electron chi connectivity index (χ3n) is 10.3. The van der Waals surface area contributed by atoms with Gasteiger partial charge in [-0.25, -0.2) is 8.78 Å². The van der Waals surface area contributed by atoms with Crippen molar-refractivity contribution in [2.45, 2.75) is 83.1 Å². The Hall–Kier alpha value is -2.07. The van der Waals surface area contributed by atoms with Crippen LogP contribution >= 0.6 is 22.6 Å². The largest absolute Gasteiger partial charge is 0.342 e. The first-order chi connectivity index (χ1) is 19.8. The van der Waals surface area contributed by atoms with Crippen LogP contribution in [0.5, 0.6) is 0 Å². The van der Waals surface area contributed by atoms with E-state index in [2.05, 4.69) is 66.5 Å². The van der Waals surface area contributed by atoms with E-state index in [-0.39, 0.29) is 35.1 Å². The molecule has 2 amide bonds. The highest BCUT2D eigenvalue weighted by molar-refractivity contribution is 14.1. The van der Waals surface area contributed by atoms with E-state index >= 15 is 4.39 Å². The van der Waals surface area contributed by atoms with Crippen LogP contribution in [0, 0.1) is 21.1 Å². The first-order valence-corrected chi connectivity index (χ1v) is 16.5. The van der Waals surface area contributed by atoms with E-state index in [0.717, 1.165) is 54.0 Å². The predicted octanol–water partition coefficient (Wildman–Crippen LogP) is 6.69. The van der Waals surface area contributed by atoms with Gasteiger partial charge in [0.25, 0.3) is 0 Å². The zero-order valence-corrected chi connectivity index (χ0v) is 27.7. The van der Waals surface area contributed by atoms with Crippen LogP contribution < -0.4 is 0 Å². The molecule has 0 spiro atoms. The summed E-state index contributed by atoms with van der Waals surface area (Å²) in [5.74, 6) is -1.37. The van der Waals surface area contributed by atoms with Crippen LogP contribution in [-0.2, 0) is 15.0 Å². The van der Waals surface area contributed by atoms with Gasteiger partial charge in [-0.3, -0.25) is 14.5 Å². The summed E-state index contributed by atoms with van der Waals surface area (Å²) in [5, 5.41) is 0. The number of hydrogen-bond donors (Lipinski definition) is 0. The number of halogens is 3. The van der Waals surface area contributed by atoms with Gasteiger partial charge in [-0.05, 0) is 117 Å². The maximum absolute atomic E-state index is 15.0. The molecule has 3 heterocycles. The lowest BCUT2D eigenvalue weighted by Crippen LogP contribution is -2.50. The Morgan fingerprint density at radius 3 is 2.17 bits per heavy atom. The summed E-state index contributed by atoms with van der Waals surface area (Å²) < 4.78 is 29.9. The molecule has 0 bridgehead atoms. The maximum Gasteiger partial charge on any atom is 0.232 e. The molecule has 5 rings (SSSR count). The summed E-state index contributed by atoms with van der Waals surface area (Å²) in [6.45, 7) is 14.6. The molecular formula is C34H44F2IN3O2. The molecule has 3 aliphatic rings. The number of nitrogens with zero attached hydrogens (tertiary/aromatic N) is 3. The lowest BCUT2D eigenvalue weighted by atomic mass is 9.75. The number of benzene rings is 2. The minimum Gasteiger partial charge on any atom is -0.342 e. The zero-order chi connectivity index (χ0) is 30.4. The number of likely N-dealkylation sites (tertiary alicyclic amines) is 3. The van der Waals surface area contributed by atoms with Gasteiger partial charge in [0.15, 0.2) is 0 Å². The molecule has 2 atom stereocenters. The lowest BCUT2D eigenvalue weighted by Gasteiger charge is -2.40. The molecule has 0 aliphatic carbocycles. The third-order valence-corrected chi connectivity index (χ3v) is 11.0. The predicted molar refractivity (Wildman–Crippen MR) is 170 cm³/mol. The Morgan fingerprint density at radius 1 is 0.905 bits per heavy atom.